The van der Waals surface area contributed by atoms with Crippen LogP contribution in [0.3, 0.4) is 0 Å². The van der Waals surface area contributed by atoms with Crippen molar-refractivity contribution in [1.82, 2.24) is 9.80 Å². The summed E-state index contributed by atoms with van der Waals surface area (Å²) >= 11 is 0. The fourth-order valence-corrected chi connectivity index (χ4v) is 2.85. The zero-order valence-electron chi connectivity index (χ0n) is 13.2. The molecule has 1 heterocycles. The highest BCUT2D eigenvalue weighted by Gasteiger charge is 2.25. The number of likely N-dealkylation sites (N-methyl/N-ethyl adjacent to an activating group) is 1. The van der Waals surface area contributed by atoms with Crippen LogP contribution in [0.15, 0.2) is 24.3 Å². The van der Waals surface area contributed by atoms with Gasteiger partial charge in [0.1, 0.15) is 0 Å². The summed E-state index contributed by atoms with van der Waals surface area (Å²) in [6.07, 6.45) is 0.823. The molecule has 0 bridgehead atoms. The van der Waals surface area contributed by atoms with Crippen LogP contribution >= 0.6 is 0 Å². The molecule has 1 aliphatic heterocycles. The van der Waals surface area contributed by atoms with E-state index < -0.39 is 0 Å². The van der Waals surface area contributed by atoms with Crippen molar-refractivity contribution in [3.05, 3.63) is 35.4 Å². The first-order valence-corrected chi connectivity index (χ1v) is 7.64. The average molecular weight is 276 g/mol. The minimum absolute atomic E-state index is 0.378. The molecule has 0 aromatic heterocycles. The molecule has 1 aliphatic rings. The second-order valence-electron chi connectivity index (χ2n) is 6.50. The van der Waals surface area contributed by atoms with Gasteiger partial charge in [0.25, 0.3) is 0 Å². The minimum atomic E-state index is -0.378. The van der Waals surface area contributed by atoms with Gasteiger partial charge in [-0.3, -0.25) is 4.90 Å². The molecule has 0 aliphatic carbocycles. The molecule has 1 aromatic rings. The fourth-order valence-electron chi connectivity index (χ4n) is 2.85. The van der Waals surface area contributed by atoms with Crippen molar-refractivity contribution in [2.75, 3.05) is 33.7 Å². The normalized spacial score (nSPS) is 21.9. The summed E-state index contributed by atoms with van der Waals surface area (Å²) in [5, 5.41) is 10.4. The predicted molar refractivity (Wildman–Crippen MR) is 84.0 cm³/mol. The molecule has 2 unspecified atom stereocenters. The number of hydrogen-bond acceptors (Lipinski definition) is 3. The highest BCUT2D eigenvalue weighted by atomic mass is 16.3. The Morgan fingerprint density at radius 3 is 2.30 bits per heavy atom. The van der Waals surface area contributed by atoms with Crippen molar-refractivity contribution in [3.8, 4) is 0 Å². The number of hydrogen-bond donors (Lipinski definition) is 1. The Bertz CT molecular complexity index is 414. The highest BCUT2D eigenvalue weighted by Crippen LogP contribution is 2.21. The third kappa shape index (κ3) is 3.81. The molecule has 20 heavy (non-hydrogen) atoms. The Kier molecular flexibility index (Phi) is 5.19. The van der Waals surface area contributed by atoms with E-state index in [1.165, 1.54) is 12.0 Å². The molecule has 0 saturated carbocycles. The van der Waals surface area contributed by atoms with E-state index in [9.17, 15) is 5.11 Å². The second kappa shape index (κ2) is 6.70. The zero-order chi connectivity index (χ0) is 14.7. The Morgan fingerprint density at radius 2 is 1.80 bits per heavy atom. The predicted octanol–water partition coefficient (Wildman–Crippen LogP) is 2.48. The van der Waals surface area contributed by atoms with E-state index in [-0.39, 0.29) is 6.10 Å². The molecule has 3 nitrogen and oxygen atoms in total. The Balaban J connectivity index is 1.90. The third-order valence-corrected chi connectivity index (χ3v) is 4.40. The SMILES string of the molecule is CC(C)c1ccc(C(O)CN2CCC(N(C)C)C2)cc1. The summed E-state index contributed by atoms with van der Waals surface area (Å²) in [4.78, 5) is 4.65. The summed E-state index contributed by atoms with van der Waals surface area (Å²) in [5.41, 5.74) is 2.36. The van der Waals surface area contributed by atoms with Crippen molar-refractivity contribution in [1.29, 1.82) is 0 Å². The molecule has 1 fully saturated rings. The Labute approximate surface area is 123 Å². The summed E-state index contributed by atoms with van der Waals surface area (Å²) in [7, 11) is 4.27. The molecule has 1 aromatic carbocycles. The molecular weight excluding hydrogens is 248 g/mol. The van der Waals surface area contributed by atoms with Crippen molar-refractivity contribution in [3.63, 3.8) is 0 Å². The number of likely N-dealkylation sites (tertiary alicyclic amines) is 1. The molecule has 0 spiro atoms. The smallest absolute Gasteiger partial charge is 0.0916 e. The maximum absolute atomic E-state index is 10.4. The highest BCUT2D eigenvalue weighted by molar-refractivity contribution is 5.26. The van der Waals surface area contributed by atoms with Gasteiger partial charge in [-0.05, 0) is 44.1 Å². The van der Waals surface area contributed by atoms with Gasteiger partial charge in [-0.1, -0.05) is 38.1 Å². The monoisotopic (exact) mass is 276 g/mol. The van der Waals surface area contributed by atoms with Crippen LogP contribution in [-0.2, 0) is 0 Å². The number of benzene rings is 1. The number of aliphatic hydroxyl groups is 1. The second-order valence-corrected chi connectivity index (χ2v) is 6.50. The third-order valence-electron chi connectivity index (χ3n) is 4.40. The van der Waals surface area contributed by atoms with Crippen molar-refractivity contribution in [2.24, 2.45) is 0 Å². The van der Waals surface area contributed by atoms with Crippen LogP contribution in [0.25, 0.3) is 0 Å². The van der Waals surface area contributed by atoms with Crippen LogP contribution in [0, 0.1) is 0 Å². The summed E-state index contributed by atoms with van der Waals surface area (Å²) in [6.45, 7) is 7.28. The van der Waals surface area contributed by atoms with Gasteiger partial charge in [0.15, 0.2) is 0 Å². The molecule has 1 saturated heterocycles. The van der Waals surface area contributed by atoms with Gasteiger partial charge in [0.05, 0.1) is 6.10 Å². The van der Waals surface area contributed by atoms with Crippen LogP contribution in [0.4, 0.5) is 0 Å². The number of aliphatic hydroxyl groups excluding tert-OH is 1. The van der Waals surface area contributed by atoms with Gasteiger partial charge in [-0.25, -0.2) is 0 Å². The van der Waals surface area contributed by atoms with E-state index in [0.717, 1.165) is 25.2 Å². The molecule has 0 radical (unpaired) electrons. The topological polar surface area (TPSA) is 26.7 Å². The van der Waals surface area contributed by atoms with Crippen molar-refractivity contribution < 1.29 is 5.11 Å². The number of β-amino-alcohol motifs (C(OH)–C–C–N with tert-alkyl or cyclic N) is 1. The maximum Gasteiger partial charge on any atom is 0.0916 e. The molecule has 1 N–H and O–H groups in total. The number of rotatable bonds is 5. The molecular formula is C17H28N2O. The molecule has 3 heteroatoms. The van der Waals surface area contributed by atoms with Crippen molar-refractivity contribution in [2.45, 2.75) is 38.3 Å². The van der Waals surface area contributed by atoms with Gasteiger partial charge in [0.2, 0.25) is 0 Å². The van der Waals surface area contributed by atoms with Crippen LogP contribution in [0.2, 0.25) is 0 Å². The maximum atomic E-state index is 10.4. The first-order chi connectivity index (χ1) is 9.47. The fraction of sp³-hybridized carbons (Fsp3) is 0.647. The van der Waals surface area contributed by atoms with Crippen LogP contribution in [-0.4, -0.2) is 54.7 Å². The van der Waals surface area contributed by atoms with Crippen molar-refractivity contribution >= 4 is 0 Å². The van der Waals surface area contributed by atoms with Gasteiger partial charge < -0.3 is 10.0 Å². The summed E-state index contributed by atoms with van der Waals surface area (Å²) in [6, 6.07) is 9.04. The largest absolute Gasteiger partial charge is 0.387 e. The van der Waals surface area contributed by atoms with E-state index in [2.05, 4.69) is 62.0 Å². The lowest BCUT2D eigenvalue weighted by molar-refractivity contribution is 0.122. The number of nitrogens with zero attached hydrogens (tertiary/aromatic N) is 2. The Hall–Kier alpha value is -0.900. The van der Waals surface area contributed by atoms with Gasteiger partial charge in [-0.15, -0.1) is 0 Å². The van der Waals surface area contributed by atoms with E-state index >= 15 is 0 Å². The van der Waals surface area contributed by atoms with E-state index in [4.69, 9.17) is 0 Å². The van der Waals surface area contributed by atoms with E-state index in [0.29, 0.717) is 12.0 Å². The molecule has 112 valence electrons. The van der Waals surface area contributed by atoms with E-state index in [1.54, 1.807) is 0 Å². The van der Waals surface area contributed by atoms with Gasteiger partial charge >= 0.3 is 0 Å². The lowest BCUT2D eigenvalue weighted by Crippen LogP contribution is -2.33. The van der Waals surface area contributed by atoms with Crippen LogP contribution in [0.5, 0.6) is 0 Å². The quantitative estimate of drug-likeness (QED) is 0.895. The van der Waals surface area contributed by atoms with Gasteiger partial charge in [-0.2, -0.15) is 0 Å². The minimum Gasteiger partial charge on any atom is -0.387 e. The lowest BCUT2D eigenvalue weighted by atomic mass is 10.00. The summed E-state index contributed by atoms with van der Waals surface area (Å²) in [5.74, 6) is 0.542. The first kappa shape index (κ1) is 15.5. The van der Waals surface area contributed by atoms with Gasteiger partial charge in [0, 0.05) is 19.1 Å². The first-order valence-electron chi connectivity index (χ1n) is 7.64. The van der Waals surface area contributed by atoms with Crippen LogP contribution in [0.1, 0.15) is 43.4 Å². The Morgan fingerprint density at radius 1 is 1.20 bits per heavy atom. The van der Waals surface area contributed by atoms with E-state index in [1.807, 2.05) is 0 Å². The molecule has 2 atom stereocenters. The zero-order valence-corrected chi connectivity index (χ0v) is 13.2. The average Bonchev–Trinajstić information content (AvgIpc) is 2.87. The molecule has 2 rings (SSSR count). The molecule has 0 amide bonds. The lowest BCUT2D eigenvalue weighted by Gasteiger charge is -2.22. The summed E-state index contributed by atoms with van der Waals surface area (Å²) < 4.78 is 0. The van der Waals surface area contributed by atoms with Crippen LogP contribution < -0.4 is 0 Å². The standard InChI is InChI=1S/C17H28N2O/c1-13(2)14-5-7-15(8-6-14)17(20)12-19-10-9-16(11-19)18(3)4/h5-8,13,16-17,20H,9-12H2,1-4H3.